The first-order valence-corrected chi connectivity index (χ1v) is 6.05. The van der Waals surface area contributed by atoms with Crippen LogP contribution < -0.4 is 5.32 Å². The van der Waals surface area contributed by atoms with E-state index < -0.39 is 34.8 Å². The molecule has 0 fully saturated rings. The van der Waals surface area contributed by atoms with Crippen LogP contribution in [-0.4, -0.2) is 35.1 Å². The molecule has 1 atom stereocenters. The number of aliphatic carboxylic acids is 1. The topological polar surface area (TPSA) is 69.6 Å². The van der Waals surface area contributed by atoms with Gasteiger partial charge in [-0.15, -0.1) is 0 Å². The van der Waals surface area contributed by atoms with Gasteiger partial charge in [0.2, 0.25) is 0 Å². The molecule has 0 radical (unpaired) electrons. The number of benzene rings is 1. The van der Waals surface area contributed by atoms with Gasteiger partial charge in [-0.25, -0.2) is 9.59 Å². The molecule has 2 amide bonds. The van der Waals surface area contributed by atoms with Crippen molar-refractivity contribution in [1.82, 2.24) is 4.90 Å². The Morgan fingerprint density at radius 2 is 1.95 bits per heavy atom. The molecule has 0 aliphatic rings. The number of carboxylic acid groups (broad SMARTS) is 1. The number of hydrogen-bond acceptors (Lipinski definition) is 2. The number of carbonyl (C=O) groups excluding carboxylic acids is 1. The maximum absolute atomic E-state index is 12.7. The lowest BCUT2D eigenvalue weighted by atomic mass is 10.2. The summed E-state index contributed by atoms with van der Waals surface area (Å²) in [7, 11) is 1.22. The van der Waals surface area contributed by atoms with E-state index in [1.54, 1.807) is 0 Å². The smallest absolute Gasteiger partial charge is 0.417 e. The predicted molar refractivity (Wildman–Crippen MR) is 70.3 cm³/mol. The second-order valence-electron chi connectivity index (χ2n) is 4.25. The van der Waals surface area contributed by atoms with Crippen LogP contribution in [0.5, 0.6) is 0 Å². The van der Waals surface area contributed by atoms with Crippen molar-refractivity contribution in [3.05, 3.63) is 28.8 Å². The van der Waals surface area contributed by atoms with Crippen LogP contribution >= 0.6 is 11.6 Å². The van der Waals surface area contributed by atoms with Crippen LogP contribution in [-0.2, 0) is 11.0 Å². The minimum Gasteiger partial charge on any atom is -0.480 e. The number of amides is 2. The molecule has 0 aliphatic carbocycles. The van der Waals surface area contributed by atoms with Crippen LogP contribution in [0.3, 0.4) is 0 Å². The van der Waals surface area contributed by atoms with Crippen molar-refractivity contribution < 1.29 is 27.9 Å². The average molecular weight is 325 g/mol. The van der Waals surface area contributed by atoms with Crippen LogP contribution in [0.15, 0.2) is 18.2 Å². The fourth-order valence-electron chi connectivity index (χ4n) is 1.37. The molecule has 0 saturated carbocycles. The number of anilines is 1. The summed E-state index contributed by atoms with van der Waals surface area (Å²) in [6.45, 7) is 1.27. The Labute approximate surface area is 123 Å². The summed E-state index contributed by atoms with van der Waals surface area (Å²) >= 11 is 5.45. The Morgan fingerprint density at radius 1 is 1.38 bits per heavy atom. The van der Waals surface area contributed by atoms with Gasteiger partial charge in [-0.05, 0) is 25.1 Å². The summed E-state index contributed by atoms with van der Waals surface area (Å²) in [5.41, 5.74) is -1.22. The summed E-state index contributed by atoms with van der Waals surface area (Å²) in [6.07, 6.45) is -4.65. The van der Waals surface area contributed by atoms with Crippen molar-refractivity contribution >= 4 is 29.3 Å². The SMILES string of the molecule is CC(C(=O)O)N(C)C(=O)Nc1ccc(Cl)c(C(F)(F)F)c1. The van der Waals surface area contributed by atoms with Gasteiger partial charge in [0.25, 0.3) is 0 Å². The van der Waals surface area contributed by atoms with Crippen molar-refractivity contribution in [3.8, 4) is 0 Å². The highest BCUT2D eigenvalue weighted by atomic mass is 35.5. The van der Waals surface area contributed by atoms with E-state index in [2.05, 4.69) is 5.32 Å². The third-order valence-corrected chi connectivity index (χ3v) is 3.11. The summed E-state index contributed by atoms with van der Waals surface area (Å²) < 4.78 is 38.0. The minimum absolute atomic E-state index is 0.138. The second-order valence-corrected chi connectivity index (χ2v) is 4.65. The van der Waals surface area contributed by atoms with E-state index in [1.807, 2.05) is 0 Å². The second kappa shape index (κ2) is 6.21. The molecule has 1 unspecified atom stereocenters. The molecule has 0 heterocycles. The number of carbonyl (C=O) groups is 2. The van der Waals surface area contributed by atoms with Gasteiger partial charge >= 0.3 is 18.2 Å². The van der Waals surface area contributed by atoms with Gasteiger partial charge in [0.15, 0.2) is 0 Å². The van der Waals surface area contributed by atoms with E-state index in [1.165, 1.54) is 20.0 Å². The van der Waals surface area contributed by atoms with E-state index in [9.17, 15) is 22.8 Å². The molecule has 0 saturated heterocycles. The van der Waals surface area contributed by atoms with Crippen LogP contribution in [0.1, 0.15) is 12.5 Å². The van der Waals surface area contributed by atoms with E-state index in [0.717, 1.165) is 11.0 Å². The van der Waals surface area contributed by atoms with Crippen LogP contribution in [0.2, 0.25) is 5.02 Å². The molecule has 1 rings (SSSR count). The van der Waals surface area contributed by atoms with Crippen molar-refractivity contribution in [3.63, 3.8) is 0 Å². The van der Waals surface area contributed by atoms with Gasteiger partial charge in [-0.3, -0.25) is 0 Å². The molecule has 0 aliphatic heterocycles. The molecule has 0 aromatic heterocycles. The van der Waals surface area contributed by atoms with E-state index in [-0.39, 0.29) is 5.69 Å². The third-order valence-electron chi connectivity index (χ3n) is 2.78. The minimum atomic E-state index is -4.65. The Kier molecular flexibility index (Phi) is 5.06. The van der Waals surface area contributed by atoms with Gasteiger partial charge in [-0.1, -0.05) is 11.6 Å². The first-order valence-electron chi connectivity index (χ1n) is 5.67. The fraction of sp³-hybridized carbons (Fsp3) is 0.333. The Balaban J connectivity index is 2.94. The monoisotopic (exact) mass is 324 g/mol. The lowest BCUT2D eigenvalue weighted by Crippen LogP contribution is -2.42. The van der Waals surface area contributed by atoms with Gasteiger partial charge in [0.05, 0.1) is 10.6 Å². The van der Waals surface area contributed by atoms with E-state index >= 15 is 0 Å². The normalized spacial score (nSPS) is 12.7. The largest absolute Gasteiger partial charge is 0.480 e. The standard InChI is InChI=1S/C12H12ClF3N2O3/c1-6(10(19)20)18(2)11(21)17-7-3-4-9(13)8(5-7)12(14,15)16/h3-6H,1-2H3,(H,17,21)(H,19,20). The van der Waals surface area contributed by atoms with Gasteiger partial charge in [0.1, 0.15) is 6.04 Å². The molecule has 1 aromatic carbocycles. The lowest BCUT2D eigenvalue weighted by Gasteiger charge is -2.22. The third kappa shape index (κ3) is 4.25. The van der Waals surface area contributed by atoms with Gasteiger partial charge in [0, 0.05) is 12.7 Å². The molecule has 9 heteroatoms. The number of alkyl halides is 3. The van der Waals surface area contributed by atoms with Gasteiger partial charge in [-0.2, -0.15) is 13.2 Å². The fourth-order valence-corrected chi connectivity index (χ4v) is 1.60. The molecule has 2 N–H and O–H groups in total. The first kappa shape index (κ1) is 17.1. The summed E-state index contributed by atoms with van der Waals surface area (Å²) in [5, 5.41) is 10.5. The summed E-state index contributed by atoms with van der Waals surface area (Å²) in [4.78, 5) is 23.3. The maximum Gasteiger partial charge on any atom is 0.417 e. The predicted octanol–water partition coefficient (Wildman–Crippen LogP) is 3.30. The quantitative estimate of drug-likeness (QED) is 0.896. The van der Waals surface area contributed by atoms with Crippen LogP contribution in [0.25, 0.3) is 0 Å². The average Bonchev–Trinajstić information content (AvgIpc) is 2.37. The summed E-state index contributed by atoms with van der Waals surface area (Å²) in [5.74, 6) is -1.24. The zero-order chi connectivity index (χ0) is 16.4. The zero-order valence-electron chi connectivity index (χ0n) is 11.0. The van der Waals surface area contributed by atoms with Crippen LogP contribution in [0.4, 0.5) is 23.7 Å². The van der Waals surface area contributed by atoms with Crippen molar-refractivity contribution in [2.45, 2.75) is 19.1 Å². The molecular weight excluding hydrogens is 313 g/mol. The van der Waals surface area contributed by atoms with E-state index in [0.29, 0.717) is 6.07 Å². The zero-order valence-corrected chi connectivity index (χ0v) is 11.8. The Morgan fingerprint density at radius 3 is 2.43 bits per heavy atom. The molecule has 21 heavy (non-hydrogen) atoms. The molecule has 5 nitrogen and oxygen atoms in total. The highest BCUT2D eigenvalue weighted by molar-refractivity contribution is 6.31. The number of hydrogen-bond donors (Lipinski definition) is 2. The maximum atomic E-state index is 12.7. The lowest BCUT2D eigenvalue weighted by molar-refractivity contribution is -0.141. The number of carboxylic acids is 1. The van der Waals surface area contributed by atoms with Gasteiger partial charge < -0.3 is 15.3 Å². The number of nitrogens with one attached hydrogen (secondary N) is 1. The molecule has 0 bridgehead atoms. The van der Waals surface area contributed by atoms with Crippen molar-refractivity contribution in [2.24, 2.45) is 0 Å². The Bertz CT molecular complexity index is 563. The number of likely N-dealkylation sites (N-methyl/N-ethyl adjacent to an activating group) is 1. The number of nitrogens with zero attached hydrogens (tertiary/aromatic N) is 1. The number of urea groups is 1. The molecule has 1 aromatic rings. The molecular formula is C12H12ClF3N2O3. The number of rotatable bonds is 3. The first-order chi connectivity index (χ1) is 9.54. The molecule has 116 valence electrons. The summed E-state index contributed by atoms with van der Waals surface area (Å²) in [6, 6.07) is 0.897. The van der Waals surface area contributed by atoms with Crippen LogP contribution in [0, 0.1) is 0 Å². The van der Waals surface area contributed by atoms with Crippen molar-refractivity contribution in [2.75, 3.05) is 12.4 Å². The highest BCUT2D eigenvalue weighted by Gasteiger charge is 2.33. The molecule has 0 spiro atoms. The van der Waals surface area contributed by atoms with Crippen molar-refractivity contribution in [1.29, 1.82) is 0 Å². The Hall–Kier alpha value is -1.96. The number of halogens is 4. The highest BCUT2D eigenvalue weighted by Crippen LogP contribution is 2.36. The van der Waals surface area contributed by atoms with E-state index in [4.69, 9.17) is 16.7 Å².